The highest BCUT2D eigenvalue weighted by atomic mass is 16.5. The lowest BCUT2D eigenvalue weighted by Crippen LogP contribution is -2.50. The maximum absolute atomic E-state index is 12.2. The van der Waals surface area contributed by atoms with E-state index in [1.807, 2.05) is 17.0 Å². The number of anilines is 2. The van der Waals surface area contributed by atoms with Gasteiger partial charge >= 0.3 is 6.03 Å². The third-order valence-electron chi connectivity index (χ3n) is 3.10. The number of amides is 2. The zero-order chi connectivity index (χ0) is 13.0. The first kappa shape index (κ1) is 12.7. The van der Waals surface area contributed by atoms with Crippen LogP contribution in [-0.2, 0) is 4.74 Å². The average molecular weight is 249 g/mol. The number of hydrogen-bond acceptors (Lipinski definition) is 3. The second-order valence-electron chi connectivity index (χ2n) is 4.39. The lowest BCUT2D eigenvalue weighted by atomic mass is 10.2. The Morgan fingerprint density at radius 1 is 1.61 bits per heavy atom. The van der Waals surface area contributed by atoms with Crippen LogP contribution >= 0.6 is 0 Å². The van der Waals surface area contributed by atoms with Crippen molar-refractivity contribution in [1.29, 1.82) is 0 Å². The lowest BCUT2D eigenvalue weighted by Gasteiger charge is -2.35. The Bertz CT molecular complexity index is 422. The van der Waals surface area contributed by atoms with Crippen molar-refractivity contribution in [3.05, 3.63) is 24.3 Å². The van der Waals surface area contributed by atoms with E-state index in [1.165, 1.54) is 0 Å². The molecule has 1 atom stereocenters. The standard InChI is InChI=1S/C13H19N3O2/c1-2-12-9-18-7-6-16(12)13(17)15-11-5-3-4-10(14)8-11/h3-5,8,12H,2,6-7,9,14H2,1H3,(H,15,17). The van der Waals surface area contributed by atoms with Gasteiger partial charge in [0, 0.05) is 17.9 Å². The minimum atomic E-state index is -0.0873. The summed E-state index contributed by atoms with van der Waals surface area (Å²) in [7, 11) is 0. The first-order chi connectivity index (χ1) is 8.70. The van der Waals surface area contributed by atoms with Crippen LogP contribution in [0.5, 0.6) is 0 Å². The van der Waals surface area contributed by atoms with Gasteiger partial charge in [-0.15, -0.1) is 0 Å². The minimum absolute atomic E-state index is 0.0873. The number of hydrogen-bond donors (Lipinski definition) is 2. The second kappa shape index (κ2) is 5.73. The number of morpholine rings is 1. The van der Waals surface area contributed by atoms with Crippen molar-refractivity contribution in [2.75, 3.05) is 30.8 Å². The fourth-order valence-electron chi connectivity index (χ4n) is 2.07. The largest absolute Gasteiger partial charge is 0.399 e. The molecule has 0 radical (unpaired) electrons. The fraction of sp³-hybridized carbons (Fsp3) is 0.462. The summed E-state index contributed by atoms with van der Waals surface area (Å²) in [6.07, 6.45) is 0.893. The molecule has 1 saturated heterocycles. The van der Waals surface area contributed by atoms with Crippen LogP contribution in [0.3, 0.4) is 0 Å². The predicted molar refractivity (Wildman–Crippen MR) is 71.5 cm³/mol. The zero-order valence-electron chi connectivity index (χ0n) is 10.6. The molecule has 2 amide bonds. The van der Waals surface area contributed by atoms with Gasteiger partial charge in [-0.25, -0.2) is 4.79 Å². The first-order valence-electron chi connectivity index (χ1n) is 6.21. The van der Waals surface area contributed by atoms with Crippen LogP contribution in [0.15, 0.2) is 24.3 Å². The van der Waals surface area contributed by atoms with Crippen molar-refractivity contribution in [1.82, 2.24) is 4.90 Å². The van der Waals surface area contributed by atoms with Gasteiger partial charge in [-0.2, -0.15) is 0 Å². The summed E-state index contributed by atoms with van der Waals surface area (Å²) in [5, 5.41) is 2.87. The van der Waals surface area contributed by atoms with E-state index in [2.05, 4.69) is 12.2 Å². The quantitative estimate of drug-likeness (QED) is 0.787. The molecule has 0 spiro atoms. The van der Waals surface area contributed by atoms with Gasteiger partial charge in [0.05, 0.1) is 19.3 Å². The summed E-state index contributed by atoms with van der Waals surface area (Å²) in [4.78, 5) is 14.0. The SMILES string of the molecule is CCC1COCCN1C(=O)Nc1cccc(N)c1. The normalized spacial score (nSPS) is 19.6. The van der Waals surface area contributed by atoms with Crippen molar-refractivity contribution in [2.45, 2.75) is 19.4 Å². The molecule has 0 saturated carbocycles. The van der Waals surface area contributed by atoms with Crippen LogP contribution in [0, 0.1) is 0 Å². The Labute approximate surface area is 107 Å². The molecular formula is C13H19N3O2. The molecule has 0 aliphatic carbocycles. The van der Waals surface area contributed by atoms with Gasteiger partial charge < -0.3 is 20.7 Å². The van der Waals surface area contributed by atoms with E-state index in [-0.39, 0.29) is 12.1 Å². The number of nitrogens with two attached hydrogens (primary N) is 1. The van der Waals surface area contributed by atoms with Gasteiger partial charge in [0.2, 0.25) is 0 Å². The first-order valence-corrected chi connectivity index (χ1v) is 6.21. The van der Waals surface area contributed by atoms with Crippen molar-refractivity contribution in [3.8, 4) is 0 Å². The van der Waals surface area contributed by atoms with E-state index in [4.69, 9.17) is 10.5 Å². The van der Waals surface area contributed by atoms with Crippen molar-refractivity contribution in [3.63, 3.8) is 0 Å². The van der Waals surface area contributed by atoms with E-state index in [0.29, 0.717) is 25.4 Å². The number of ether oxygens (including phenoxy) is 1. The highest BCUT2D eigenvalue weighted by Gasteiger charge is 2.25. The molecule has 3 N–H and O–H groups in total. The number of nitrogens with one attached hydrogen (secondary N) is 1. The van der Waals surface area contributed by atoms with Crippen LogP contribution in [0.2, 0.25) is 0 Å². The molecule has 1 fully saturated rings. The molecule has 1 aliphatic rings. The summed E-state index contributed by atoms with van der Waals surface area (Å²) in [6, 6.07) is 7.26. The molecule has 18 heavy (non-hydrogen) atoms. The Morgan fingerprint density at radius 2 is 2.44 bits per heavy atom. The summed E-state index contributed by atoms with van der Waals surface area (Å²) in [6.45, 7) is 3.90. The van der Waals surface area contributed by atoms with Crippen LogP contribution < -0.4 is 11.1 Å². The molecular weight excluding hydrogens is 230 g/mol. The van der Waals surface area contributed by atoms with Crippen molar-refractivity contribution in [2.24, 2.45) is 0 Å². The van der Waals surface area contributed by atoms with Gasteiger partial charge in [-0.1, -0.05) is 13.0 Å². The van der Waals surface area contributed by atoms with Crippen LogP contribution in [-0.4, -0.2) is 36.7 Å². The molecule has 1 heterocycles. The molecule has 0 aromatic heterocycles. The fourth-order valence-corrected chi connectivity index (χ4v) is 2.07. The Morgan fingerprint density at radius 3 is 3.17 bits per heavy atom. The van der Waals surface area contributed by atoms with Crippen molar-refractivity contribution >= 4 is 17.4 Å². The number of benzene rings is 1. The molecule has 98 valence electrons. The molecule has 1 aliphatic heterocycles. The van der Waals surface area contributed by atoms with E-state index in [1.54, 1.807) is 12.1 Å². The maximum atomic E-state index is 12.2. The molecule has 5 nitrogen and oxygen atoms in total. The summed E-state index contributed by atoms with van der Waals surface area (Å²) in [5.74, 6) is 0. The maximum Gasteiger partial charge on any atom is 0.322 e. The third-order valence-corrected chi connectivity index (χ3v) is 3.10. The van der Waals surface area contributed by atoms with E-state index < -0.39 is 0 Å². The lowest BCUT2D eigenvalue weighted by molar-refractivity contribution is 0.0144. The number of rotatable bonds is 2. The number of nitrogens with zero attached hydrogens (tertiary/aromatic N) is 1. The van der Waals surface area contributed by atoms with Crippen molar-refractivity contribution < 1.29 is 9.53 Å². The number of carbonyl (C=O) groups is 1. The highest BCUT2D eigenvalue weighted by Crippen LogP contribution is 2.15. The summed E-state index contributed by atoms with van der Waals surface area (Å²) >= 11 is 0. The van der Waals surface area contributed by atoms with Gasteiger partial charge in [-0.05, 0) is 24.6 Å². The molecule has 5 heteroatoms. The monoisotopic (exact) mass is 249 g/mol. The smallest absolute Gasteiger partial charge is 0.322 e. The van der Waals surface area contributed by atoms with Gasteiger partial charge in [0.1, 0.15) is 0 Å². The molecule has 1 aromatic carbocycles. The van der Waals surface area contributed by atoms with E-state index in [9.17, 15) is 4.79 Å². The number of carbonyl (C=O) groups excluding carboxylic acids is 1. The van der Waals surface area contributed by atoms with Gasteiger partial charge in [0.25, 0.3) is 0 Å². The van der Waals surface area contributed by atoms with Crippen LogP contribution in [0.25, 0.3) is 0 Å². The number of urea groups is 1. The topological polar surface area (TPSA) is 67.6 Å². The van der Waals surface area contributed by atoms with Crippen LogP contribution in [0.4, 0.5) is 16.2 Å². The van der Waals surface area contributed by atoms with E-state index in [0.717, 1.165) is 12.1 Å². The summed E-state index contributed by atoms with van der Waals surface area (Å²) < 4.78 is 5.38. The molecule has 0 bridgehead atoms. The Hall–Kier alpha value is -1.75. The van der Waals surface area contributed by atoms with Gasteiger partial charge in [-0.3, -0.25) is 0 Å². The predicted octanol–water partition coefficient (Wildman–Crippen LogP) is 1.91. The molecule has 1 unspecified atom stereocenters. The Kier molecular flexibility index (Phi) is 4.04. The molecule has 1 aromatic rings. The van der Waals surface area contributed by atoms with Crippen LogP contribution in [0.1, 0.15) is 13.3 Å². The Balaban J connectivity index is 2.02. The average Bonchev–Trinajstić information content (AvgIpc) is 2.38. The highest BCUT2D eigenvalue weighted by molar-refractivity contribution is 5.90. The zero-order valence-corrected chi connectivity index (χ0v) is 10.6. The number of nitrogen functional groups attached to an aromatic ring is 1. The second-order valence-corrected chi connectivity index (χ2v) is 4.39. The minimum Gasteiger partial charge on any atom is -0.399 e. The molecule has 2 rings (SSSR count). The summed E-state index contributed by atoms with van der Waals surface area (Å²) in [5.41, 5.74) is 7.05. The van der Waals surface area contributed by atoms with Gasteiger partial charge in [0.15, 0.2) is 0 Å². The van der Waals surface area contributed by atoms with E-state index >= 15 is 0 Å². The third kappa shape index (κ3) is 2.92.